The van der Waals surface area contributed by atoms with E-state index in [0.717, 1.165) is 39.5 Å². The van der Waals surface area contributed by atoms with Gasteiger partial charge in [0.25, 0.3) is 5.91 Å². The van der Waals surface area contributed by atoms with Crippen LogP contribution in [0.5, 0.6) is 0 Å². The minimum absolute atomic E-state index is 0.0515. The summed E-state index contributed by atoms with van der Waals surface area (Å²) in [5, 5.41) is 4.06. The molecule has 7 heteroatoms. The van der Waals surface area contributed by atoms with Gasteiger partial charge >= 0.3 is 0 Å². The number of morpholine rings is 1. The number of nitrogens with zero attached hydrogens (tertiary/aromatic N) is 4. The molecule has 5 rings (SSSR count). The topological polar surface area (TPSA) is 72.9 Å². The number of carbonyl (C=O) groups is 1. The summed E-state index contributed by atoms with van der Waals surface area (Å²) in [6.45, 7) is 6.32. The van der Waals surface area contributed by atoms with E-state index in [0.29, 0.717) is 31.9 Å². The van der Waals surface area contributed by atoms with Crippen LogP contribution in [0.3, 0.4) is 0 Å². The molecule has 1 aliphatic rings. The molecular weight excluding hydrogens is 380 g/mol. The van der Waals surface area contributed by atoms with Crippen LogP contribution in [0.15, 0.2) is 53.3 Å². The van der Waals surface area contributed by atoms with Gasteiger partial charge in [-0.3, -0.25) is 9.20 Å². The average molecular weight is 402 g/mol. The van der Waals surface area contributed by atoms with Crippen LogP contribution in [0.4, 0.5) is 0 Å². The molecule has 0 radical (unpaired) electrons. The number of benzene rings is 1. The van der Waals surface area contributed by atoms with Crippen LogP contribution in [-0.4, -0.2) is 51.7 Å². The van der Waals surface area contributed by atoms with E-state index in [9.17, 15) is 4.79 Å². The van der Waals surface area contributed by atoms with Gasteiger partial charge in [-0.2, -0.15) is 0 Å². The van der Waals surface area contributed by atoms with Crippen LogP contribution in [0.1, 0.15) is 21.8 Å². The highest BCUT2D eigenvalue weighted by atomic mass is 16.5. The Morgan fingerprint density at radius 2 is 1.73 bits per heavy atom. The van der Waals surface area contributed by atoms with E-state index in [4.69, 9.17) is 9.26 Å². The minimum atomic E-state index is 0.0515. The number of aryl methyl sites for hydroxylation is 2. The van der Waals surface area contributed by atoms with Crippen LogP contribution >= 0.6 is 0 Å². The SMILES string of the molecule is Cc1noc(C)c1-c1cnc2ccc(-c3ccc(C(=O)N4CCOCC4)cc3)cn12. The van der Waals surface area contributed by atoms with Crippen molar-refractivity contribution in [3.05, 3.63) is 65.8 Å². The number of aromatic nitrogens is 3. The van der Waals surface area contributed by atoms with Crippen molar-refractivity contribution in [3.8, 4) is 22.4 Å². The highest BCUT2D eigenvalue weighted by Crippen LogP contribution is 2.29. The molecule has 1 fully saturated rings. The van der Waals surface area contributed by atoms with E-state index in [1.54, 1.807) is 0 Å². The molecule has 0 atom stereocenters. The first kappa shape index (κ1) is 18.6. The molecule has 0 saturated carbocycles. The Hall–Kier alpha value is -3.45. The Bertz CT molecular complexity index is 1200. The van der Waals surface area contributed by atoms with Crippen molar-refractivity contribution in [2.45, 2.75) is 13.8 Å². The number of ether oxygens (including phenoxy) is 1. The van der Waals surface area contributed by atoms with Crippen LogP contribution in [0.25, 0.3) is 28.0 Å². The monoisotopic (exact) mass is 402 g/mol. The lowest BCUT2D eigenvalue weighted by Crippen LogP contribution is -2.40. The quantitative estimate of drug-likeness (QED) is 0.522. The van der Waals surface area contributed by atoms with Crippen LogP contribution in [0.2, 0.25) is 0 Å². The van der Waals surface area contributed by atoms with Gasteiger partial charge in [-0.15, -0.1) is 0 Å². The standard InChI is InChI=1S/C23H22N4O3/c1-15-22(16(2)30-25-15)20-13-24-21-8-7-19(14-27(20)21)17-3-5-18(6-4-17)23(28)26-9-11-29-12-10-26/h3-8,13-14H,9-12H2,1-2H3. The van der Waals surface area contributed by atoms with Crippen molar-refractivity contribution < 1.29 is 14.1 Å². The third kappa shape index (κ3) is 3.17. The third-order valence-corrected chi connectivity index (χ3v) is 5.56. The molecule has 152 valence electrons. The first-order chi connectivity index (χ1) is 14.6. The minimum Gasteiger partial charge on any atom is -0.378 e. The maximum absolute atomic E-state index is 12.7. The van der Waals surface area contributed by atoms with Gasteiger partial charge in [-0.1, -0.05) is 17.3 Å². The summed E-state index contributed by atoms with van der Waals surface area (Å²) in [6, 6.07) is 11.8. The van der Waals surface area contributed by atoms with Crippen molar-refractivity contribution in [3.63, 3.8) is 0 Å². The van der Waals surface area contributed by atoms with Crippen molar-refractivity contribution in [1.82, 2.24) is 19.4 Å². The average Bonchev–Trinajstić information content (AvgIpc) is 3.35. The molecule has 1 aromatic carbocycles. The van der Waals surface area contributed by atoms with Crippen molar-refractivity contribution >= 4 is 11.6 Å². The van der Waals surface area contributed by atoms with E-state index in [2.05, 4.69) is 20.7 Å². The smallest absolute Gasteiger partial charge is 0.254 e. The second kappa shape index (κ2) is 7.42. The Labute approximate surface area is 173 Å². The zero-order valence-corrected chi connectivity index (χ0v) is 17.0. The van der Waals surface area contributed by atoms with E-state index < -0.39 is 0 Å². The Morgan fingerprint density at radius 3 is 2.43 bits per heavy atom. The molecule has 0 bridgehead atoms. The second-order valence-corrected chi connectivity index (χ2v) is 7.47. The van der Waals surface area contributed by atoms with Gasteiger partial charge < -0.3 is 14.2 Å². The summed E-state index contributed by atoms with van der Waals surface area (Å²) in [7, 11) is 0. The number of pyridine rings is 1. The number of fused-ring (bicyclic) bond motifs is 1. The lowest BCUT2D eigenvalue weighted by atomic mass is 10.0. The van der Waals surface area contributed by atoms with Gasteiger partial charge in [-0.05, 0) is 49.2 Å². The first-order valence-corrected chi connectivity index (χ1v) is 9.99. The summed E-state index contributed by atoms with van der Waals surface area (Å²) in [5.41, 5.74) is 6.38. The number of imidazole rings is 1. The molecule has 4 aromatic rings. The molecule has 4 heterocycles. The largest absolute Gasteiger partial charge is 0.378 e. The summed E-state index contributed by atoms with van der Waals surface area (Å²) < 4.78 is 12.7. The zero-order chi connectivity index (χ0) is 20.7. The van der Waals surface area contributed by atoms with Crippen LogP contribution < -0.4 is 0 Å². The van der Waals surface area contributed by atoms with Gasteiger partial charge in [0.15, 0.2) is 0 Å². The van der Waals surface area contributed by atoms with Crippen molar-refractivity contribution in [1.29, 1.82) is 0 Å². The molecule has 1 aliphatic heterocycles. The lowest BCUT2D eigenvalue weighted by Gasteiger charge is -2.26. The third-order valence-electron chi connectivity index (χ3n) is 5.56. The first-order valence-electron chi connectivity index (χ1n) is 9.99. The molecule has 30 heavy (non-hydrogen) atoms. The number of hydrogen-bond acceptors (Lipinski definition) is 5. The molecule has 7 nitrogen and oxygen atoms in total. The molecule has 3 aromatic heterocycles. The number of hydrogen-bond donors (Lipinski definition) is 0. The number of rotatable bonds is 3. The fourth-order valence-electron chi connectivity index (χ4n) is 3.94. The summed E-state index contributed by atoms with van der Waals surface area (Å²) >= 11 is 0. The number of carbonyl (C=O) groups excluding carboxylic acids is 1. The Balaban J connectivity index is 1.48. The highest BCUT2D eigenvalue weighted by molar-refractivity contribution is 5.94. The zero-order valence-electron chi connectivity index (χ0n) is 17.0. The highest BCUT2D eigenvalue weighted by Gasteiger charge is 2.19. The second-order valence-electron chi connectivity index (χ2n) is 7.47. The Kier molecular flexibility index (Phi) is 4.59. The fourth-order valence-corrected chi connectivity index (χ4v) is 3.94. The molecule has 0 spiro atoms. The molecule has 1 amide bonds. The normalized spacial score (nSPS) is 14.4. The summed E-state index contributed by atoms with van der Waals surface area (Å²) in [5.74, 6) is 0.821. The predicted molar refractivity (Wildman–Crippen MR) is 112 cm³/mol. The summed E-state index contributed by atoms with van der Waals surface area (Å²) in [6.07, 6.45) is 3.90. The van der Waals surface area contributed by atoms with Crippen molar-refractivity contribution in [2.75, 3.05) is 26.3 Å². The maximum Gasteiger partial charge on any atom is 0.254 e. The van der Waals surface area contributed by atoms with Gasteiger partial charge in [0, 0.05) is 24.8 Å². The molecule has 1 saturated heterocycles. The van der Waals surface area contributed by atoms with Gasteiger partial charge in [0.1, 0.15) is 11.4 Å². The van der Waals surface area contributed by atoms with Gasteiger partial charge in [-0.25, -0.2) is 4.98 Å². The molecule has 0 N–H and O–H groups in total. The van der Waals surface area contributed by atoms with Crippen molar-refractivity contribution in [2.24, 2.45) is 0 Å². The predicted octanol–water partition coefficient (Wildman–Crippen LogP) is 3.75. The summed E-state index contributed by atoms with van der Waals surface area (Å²) in [4.78, 5) is 19.0. The Morgan fingerprint density at radius 1 is 1.00 bits per heavy atom. The number of amides is 1. The van der Waals surface area contributed by atoms with E-state index in [-0.39, 0.29) is 5.91 Å². The van der Waals surface area contributed by atoms with E-state index in [1.807, 2.05) is 61.3 Å². The van der Waals surface area contributed by atoms with E-state index >= 15 is 0 Å². The van der Waals surface area contributed by atoms with Gasteiger partial charge in [0.05, 0.1) is 36.4 Å². The van der Waals surface area contributed by atoms with E-state index in [1.165, 1.54) is 0 Å². The van der Waals surface area contributed by atoms with Crippen LogP contribution in [-0.2, 0) is 4.74 Å². The van der Waals surface area contributed by atoms with Gasteiger partial charge in [0.2, 0.25) is 0 Å². The maximum atomic E-state index is 12.7. The fraction of sp³-hybridized carbons (Fsp3) is 0.261. The lowest BCUT2D eigenvalue weighted by molar-refractivity contribution is 0.0303. The molecular formula is C23H22N4O3. The molecule has 0 unspecified atom stereocenters. The van der Waals surface area contributed by atoms with Crippen LogP contribution in [0, 0.1) is 13.8 Å². The molecule has 0 aliphatic carbocycles.